The second-order valence-electron chi connectivity index (χ2n) is 6.63. The topological polar surface area (TPSA) is 47.3 Å². The van der Waals surface area contributed by atoms with Crippen LogP contribution in [0, 0.1) is 0 Å². The molecule has 1 aromatic heterocycles. The zero-order chi connectivity index (χ0) is 20.5. The van der Waals surface area contributed by atoms with Crippen LogP contribution >= 0.6 is 0 Å². The van der Waals surface area contributed by atoms with Crippen molar-refractivity contribution in [3.8, 4) is 11.4 Å². The quantitative estimate of drug-likeness (QED) is 0.523. The summed E-state index contributed by atoms with van der Waals surface area (Å²) in [6, 6.07) is 21.4. The third-order valence-corrected chi connectivity index (χ3v) is 4.71. The molecule has 0 aliphatic carbocycles. The van der Waals surface area contributed by atoms with Crippen molar-refractivity contribution in [1.29, 1.82) is 0 Å². The second kappa shape index (κ2) is 7.25. The number of aromatic nitrogens is 2. The van der Waals surface area contributed by atoms with Gasteiger partial charge < -0.3 is 9.84 Å². The van der Waals surface area contributed by atoms with E-state index in [2.05, 4.69) is 5.10 Å². The molecule has 0 radical (unpaired) electrons. The van der Waals surface area contributed by atoms with E-state index < -0.39 is 18.4 Å². The Morgan fingerprint density at radius 3 is 2.21 bits per heavy atom. The van der Waals surface area contributed by atoms with Gasteiger partial charge in [-0.2, -0.15) is 18.3 Å². The molecule has 1 heterocycles. The fourth-order valence-electron chi connectivity index (χ4n) is 3.10. The third-order valence-electron chi connectivity index (χ3n) is 4.71. The molecule has 1 atom stereocenters. The lowest BCUT2D eigenvalue weighted by molar-refractivity contribution is -0.275. The van der Waals surface area contributed by atoms with Crippen LogP contribution in [0.15, 0.2) is 85.1 Å². The van der Waals surface area contributed by atoms with E-state index in [0.29, 0.717) is 10.9 Å². The van der Waals surface area contributed by atoms with Gasteiger partial charge in [-0.3, -0.25) is 0 Å². The number of para-hydroxylation sites is 2. The van der Waals surface area contributed by atoms with E-state index >= 15 is 0 Å². The number of aliphatic hydroxyl groups is 1. The van der Waals surface area contributed by atoms with Crippen molar-refractivity contribution in [2.75, 3.05) is 6.61 Å². The van der Waals surface area contributed by atoms with Crippen molar-refractivity contribution in [3.63, 3.8) is 0 Å². The monoisotopic (exact) mass is 398 g/mol. The smallest absolute Gasteiger partial charge is 0.424 e. The molecule has 0 aliphatic heterocycles. The molecule has 4 nitrogen and oxygen atoms in total. The van der Waals surface area contributed by atoms with E-state index in [-0.39, 0.29) is 11.3 Å². The van der Waals surface area contributed by atoms with Gasteiger partial charge in [0.05, 0.1) is 17.4 Å². The lowest BCUT2D eigenvalue weighted by Gasteiger charge is -2.30. The number of ether oxygens (including phenoxy) is 1. The Morgan fingerprint density at radius 2 is 1.55 bits per heavy atom. The minimum atomic E-state index is -4.93. The summed E-state index contributed by atoms with van der Waals surface area (Å²) in [6.45, 7) is -0.959. The highest BCUT2D eigenvalue weighted by atomic mass is 19.4. The summed E-state index contributed by atoms with van der Waals surface area (Å²) in [5.74, 6) is 0.244. The standard InChI is InChI=1S/C22H17F3N2O2/c23-22(24,25)21(28,15-29-19-9-5-2-6-10-19)17-11-12-20-16(13-17)14-26-27(20)18-7-3-1-4-8-18/h1-14,28H,15H2. The summed E-state index contributed by atoms with van der Waals surface area (Å²) in [5, 5.41) is 15.3. The zero-order valence-electron chi connectivity index (χ0n) is 15.2. The Bertz CT molecular complexity index is 1110. The maximum absolute atomic E-state index is 13.8. The van der Waals surface area contributed by atoms with E-state index in [4.69, 9.17) is 4.74 Å². The highest BCUT2D eigenvalue weighted by molar-refractivity contribution is 5.81. The minimum absolute atomic E-state index is 0.244. The van der Waals surface area contributed by atoms with Gasteiger partial charge in [-0.1, -0.05) is 42.5 Å². The van der Waals surface area contributed by atoms with Crippen LogP contribution in [0.5, 0.6) is 5.75 Å². The van der Waals surface area contributed by atoms with Crippen LogP contribution in [0.1, 0.15) is 5.56 Å². The molecular weight excluding hydrogens is 381 g/mol. The highest BCUT2D eigenvalue weighted by Crippen LogP contribution is 2.40. The molecule has 29 heavy (non-hydrogen) atoms. The van der Waals surface area contributed by atoms with E-state index in [1.165, 1.54) is 36.5 Å². The summed E-state index contributed by atoms with van der Waals surface area (Å²) in [5.41, 5.74) is -2.05. The lowest BCUT2D eigenvalue weighted by Crippen LogP contribution is -2.47. The van der Waals surface area contributed by atoms with Crippen LogP contribution in [-0.2, 0) is 5.60 Å². The van der Waals surface area contributed by atoms with Crippen LogP contribution in [0.2, 0.25) is 0 Å². The van der Waals surface area contributed by atoms with Gasteiger partial charge in [0, 0.05) is 5.39 Å². The van der Waals surface area contributed by atoms with Crippen LogP contribution < -0.4 is 4.74 Å². The highest BCUT2D eigenvalue weighted by Gasteiger charge is 2.56. The largest absolute Gasteiger partial charge is 0.490 e. The van der Waals surface area contributed by atoms with E-state index in [1.54, 1.807) is 22.9 Å². The summed E-state index contributed by atoms with van der Waals surface area (Å²) in [7, 11) is 0. The van der Waals surface area contributed by atoms with Gasteiger partial charge in [0.2, 0.25) is 5.60 Å². The number of hydrogen-bond acceptors (Lipinski definition) is 3. The molecule has 0 spiro atoms. The normalized spacial score (nSPS) is 13.9. The van der Waals surface area contributed by atoms with Crippen molar-refractivity contribution >= 4 is 10.9 Å². The summed E-state index contributed by atoms with van der Waals surface area (Å²) >= 11 is 0. The van der Waals surface area contributed by atoms with E-state index in [9.17, 15) is 18.3 Å². The molecular formula is C22H17F3N2O2. The Hall–Kier alpha value is -3.32. The summed E-state index contributed by atoms with van der Waals surface area (Å²) in [6.07, 6.45) is -3.45. The first kappa shape index (κ1) is 19.0. The average Bonchev–Trinajstić information content (AvgIpc) is 3.16. The van der Waals surface area contributed by atoms with Crippen molar-refractivity contribution in [3.05, 3.63) is 90.6 Å². The van der Waals surface area contributed by atoms with Gasteiger partial charge in [0.15, 0.2) is 0 Å². The number of benzene rings is 3. The number of rotatable bonds is 5. The molecule has 0 aliphatic rings. The molecule has 0 saturated heterocycles. The molecule has 3 aromatic carbocycles. The first-order valence-corrected chi connectivity index (χ1v) is 8.89. The fourth-order valence-corrected chi connectivity index (χ4v) is 3.10. The first-order valence-electron chi connectivity index (χ1n) is 8.89. The van der Waals surface area contributed by atoms with Crippen molar-refractivity contribution in [2.24, 2.45) is 0 Å². The Labute approximate surface area is 164 Å². The number of halogens is 3. The third kappa shape index (κ3) is 3.56. The van der Waals surface area contributed by atoms with Gasteiger partial charge in [0.1, 0.15) is 12.4 Å². The molecule has 0 fully saturated rings. The first-order chi connectivity index (χ1) is 13.9. The van der Waals surface area contributed by atoms with Gasteiger partial charge in [-0.15, -0.1) is 0 Å². The molecule has 148 valence electrons. The number of fused-ring (bicyclic) bond motifs is 1. The van der Waals surface area contributed by atoms with Crippen LogP contribution in [-0.4, -0.2) is 27.7 Å². The van der Waals surface area contributed by atoms with E-state index in [1.807, 2.05) is 30.3 Å². The SMILES string of the molecule is OC(COc1ccccc1)(c1ccc2c(cnn2-c2ccccc2)c1)C(F)(F)F. The molecule has 0 bridgehead atoms. The zero-order valence-corrected chi connectivity index (χ0v) is 15.2. The second-order valence-corrected chi connectivity index (χ2v) is 6.63. The molecule has 4 aromatic rings. The van der Waals surface area contributed by atoms with Gasteiger partial charge in [-0.25, -0.2) is 4.68 Å². The van der Waals surface area contributed by atoms with Gasteiger partial charge >= 0.3 is 6.18 Å². The molecule has 4 rings (SSSR count). The Morgan fingerprint density at radius 1 is 0.897 bits per heavy atom. The predicted molar refractivity (Wildman–Crippen MR) is 103 cm³/mol. The minimum Gasteiger partial charge on any atom is -0.490 e. The predicted octanol–water partition coefficient (Wildman–Crippen LogP) is 4.85. The van der Waals surface area contributed by atoms with Crippen molar-refractivity contribution in [2.45, 2.75) is 11.8 Å². The average molecular weight is 398 g/mol. The number of hydrogen-bond donors (Lipinski definition) is 1. The molecule has 1 unspecified atom stereocenters. The van der Waals surface area contributed by atoms with Crippen LogP contribution in [0.25, 0.3) is 16.6 Å². The van der Waals surface area contributed by atoms with E-state index in [0.717, 1.165) is 5.69 Å². The summed E-state index contributed by atoms with van der Waals surface area (Å²) < 4.78 is 48.3. The van der Waals surface area contributed by atoms with Crippen LogP contribution in [0.4, 0.5) is 13.2 Å². The fraction of sp³-hybridized carbons (Fsp3) is 0.136. The van der Waals surface area contributed by atoms with Gasteiger partial charge in [0.25, 0.3) is 0 Å². The van der Waals surface area contributed by atoms with Crippen molar-refractivity contribution in [1.82, 2.24) is 9.78 Å². The van der Waals surface area contributed by atoms with Gasteiger partial charge in [-0.05, 0) is 42.0 Å². The lowest BCUT2D eigenvalue weighted by atomic mass is 9.93. The van der Waals surface area contributed by atoms with Crippen LogP contribution in [0.3, 0.4) is 0 Å². The Balaban J connectivity index is 1.71. The molecule has 1 N–H and O–H groups in total. The summed E-state index contributed by atoms with van der Waals surface area (Å²) in [4.78, 5) is 0. The maximum Gasteiger partial charge on any atom is 0.424 e. The molecule has 7 heteroatoms. The maximum atomic E-state index is 13.8. The van der Waals surface area contributed by atoms with Crippen molar-refractivity contribution < 1.29 is 23.0 Å². The molecule has 0 amide bonds. The number of nitrogens with zero attached hydrogens (tertiary/aromatic N) is 2. The Kier molecular flexibility index (Phi) is 4.76. The number of alkyl halides is 3. The molecule has 0 saturated carbocycles.